The lowest BCUT2D eigenvalue weighted by Gasteiger charge is -2.09. The Morgan fingerprint density at radius 2 is 2.00 bits per heavy atom. The molecule has 22 heavy (non-hydrogen) atoms. The van der Waals surface area contributed by atoms with E-state index < -0.39 is 28.2 Å². The fourth-order valence-electron chi connectivity index (χ4n) is 1.55. The van der Waals surface area contributed by atoms with E-state index in [1.165, 1.54) is 6.07 Å². The van der Waals surface area contributed by atoms with Crippen LogP contribution in [-0.4, -0.2) is 21.3 Å². The Bertz CT molecular complexity index is 858. The minimum atomic E-state index is -4.63. The third-order valence-electron chi connectivity index (χ3n) is 2.56. The number of alkyl halides is 3. The van der Waals surface area contributed by atoms with Gasteiger partial charge in [-0.25, -0.2) is 0 Å². The highest BCUT2D eigenvalue weighted by atomic mass is 35.5. The number of aliphatic imine (C=N–C) groups is 1. The summed E-state index contributed by atoms with van der Waals surface area (Å²) in [6, 6.07) is 3.01. The molecule has 116 valence electrons. The summed E-state index contributed by atoms with van der Waals surface area (Å²) in [5, 5.41) is 9.08. The van der Waals surface area contributed by atoms with Crippen molar-refractivity contribution in [2.45, 2.75) is 6.18 Å². The first kappa shape index (κ1) is 16.2. The fraction of sp³-hybridized carbons (Fsp3) is 0.0833. The molecule has 0 bridgehead atoms. The summed E-state index contributed by atoms with van der Waals surface area (Å²) in [4.78, 5) is 19.8. The summed E-state index contributed by atoms with van der Waals surface area (Å²) >= 11 is 10.1. The van der Waals surface area contributed by atoms with E-state index >= 15 is 0 Å². The molecule has 0 spiro atoms. The predicted octanol–water partition coefficient (Wildman–Crippen LogP) is 3.56. The molecule has 5 nitrogen and oxygen atoms in total. The highest BCUT2D eigenvalue weighted by Crippen LogP contribution is 2.36. The van der Waals surface area contributed by atoms with Crippen LogP contribution in [-0.2, 0) is 6.18 Å². The number of halogens is 4. The Labute approximate surface area is 131 Å². The van der Waals surface area contributed by atoms with Crippen molar-refractivity contribution in [2.24, 2.45) is 4.99 Å². The van der Waals surface area contributed by atoms with Gasteiger partial charge in [0.15, 0.2) is 4.77 Å². The zero-order valence-electron chi connectivity index (χ0n) is 10.5. The van der Waals surface area contributed by atoms with E-state index in [1.807, 2.05) is 0 Å². The number of hydrogen-bond donors (Lipinski definition) is 3. The maximum absolute atomic E-state index is 12.7. The lowest BCUT2D eigenvalue weighted by molar-refractivity contribution is -0.137. The normalized spacial score (nSPS) is 12.0. The van der Waals surface area contributed by atoms with Crippen LogP contribution in [0.4, 0.5) is 18.9 Å². The standard InChI is InChI=1S/C12H7ClF3N3O2S/c13-8-2-1-5(3-7(8)12(14,15)16)17-4-6-9(20)18-11(22)19-10(6)21/h1-4H,(H3,18,19,20,21,22). The summed E-state index contributed by atoms with van der Waals surface area (Å²) in [5.41, 5.74) is -2.13. The van der Waals surface area contributed by atoms with Crippen LogP contribution in [0.2, 0.25) is 5.02 Å². The van der Waals surface area contributed by atoms with Crippen molar-refractivity contribution < 1.29 is 18.3 Å². The Morgan fingerprint density at radius 3 is 2.59 bits per heavy atom. The van der Waals surface area contributed by atoms with E-state index in [9.17, 15) is 23.1 Å². The Kier molecular flexibility index (Phi) is 4.38. The smallest absolute Gasteiger partial charge is 0.417 e. The number of aromatic hydroxyl groups is 1. The molecule has 0 amide bonds. The second kappa shape index (κ2) is 5.93. The average molecular weight is 350 g/mol. The Morgan fingerprint density at radius 1 is 1.32 bits per heavy atom. The summed E-state index contributed by atoms with van der Waals surface area (Å²) in [6.45, 7) is 0. The number of rotatable bonds is 2. The molecule has 0 aliphatic carbocycles. The van der Waals surface area contributed by atoms with Crippen molar-refractivity contribution in [3.05, 3.63) is 49.5 Å². The van der Waals surface area contributed by atoms with Gasteiger partial charge in [-0.2, -0.15) is 13.2 Å². The molecule has 0 unspecified atom stereocenters. The lowest BCUT2D eigenvalue weighted by Crippen LogP contribution is -2.13. The molecule has 0 aliphatic heterocycles. The second-order valence-electron chi connectivity index (χ2n) is 4.09. The van der Waals surface area contributed by atoms with Crippen molar-refractivity contribution in [1.29, 1.82) is 0 Å². The molecule has 0 aliphatic rings. The molecule has 0 atom stereocenters. The van der Waals surface area contributed by atoms with E-state index in [0.717, 1.165) is 18.3 Å². The van der Waals surface area contributed by atoms with E-state index in [2.05, 4.69) is 27.2 Å². The third-order valence-corrected chi connectivity index (χ3v) is 3.09. The number of H-pyrrole nitrogens is 2. The molecule has 2 aromatic rings. The minimum Gasteiger partial charge on any atom is -0.494 e. The third kappa shape index (κ3) is 3.55. The number of aromatic amines is 2. The molecule has 0 saturated heterocycles. The highest BCUT2D eigenvalue weighted by molar-refractivity contribution is 7.71. The zero-order valence-corrected chi connectivity index (χ0v) is 12.1. The van der Waals surface area contributed by atoms with Gasteiger partial charge in [0.2, 0.25) is 5.88 Å². The topological polar surface area (TPSA) is 81.2 Å². The molecule has 0 fully saturated rings. The van der Waals surface area contributed by atoms with E-state index in [-0.39, 0.29) is 16.0 Å². The maximum atomic E-state index is 12.7. The lowest BCUT2D eigenvalue weighted by atomic mass is 10.2. The molecular formula is C12H7ClF3N3O2S. The van der Waals surface area contributed by atoms with Crippen LogP contribution in [0.1, 0.15) is 11.1 Å². The monoisotopic (exact) mass is 349 g/mol. The van der Waals surface area contributed by atoms with Crippen LogP contribution in [0.25, 0.3) is 0 Å². The summed E-state index contributed by atoms with van der Waals surface area (Å²) < 4.78 is 38.1. The quantitative estimate of drug-likeness (QED) is 0.572. The second-order valence-corrected chi connectivity index (χ2v) is 4.91. The maximum Gasteiger partial charge on any atom is 0.417 e. The van der Waals surface area contributed by atoms with Gasteiger partial charge in [0.05, 0.1) is 16.3 Å². The van der Waals surface area contributed by atoms with Crippen LogP contribution in [0.15, 0.2) is 28.0 Å². The van der Waals surface area contributed by atoms with Gasteiger partial charge in [0.25, 0.3) is 5.56 Å². The van der Waals surface area contributed by atoms with E-state index in [4.69, 9.17) is 11.6 Å². The van der Waals surface area contributed by atoms with Gasteiger partial charge < -0.3 is 10.1 Å². The molecular weight excluding hydrogens is 343 g/mol. The SMILES string of the molecule is O=c1[nH]c(=S)[nH]c(O)c1C=Nc1ccc(Cl)c(C(F)(F)F)c1. The van der Waals surface area contributed by atoms with Crippen LogP contribution in [0, 0.1) is 4.77 Å². The molecule has 0 radical (unpaired) electrons. The van der Waals surface area contributed by atoms with Crippen LogP contribution in [0.5, 0.6) is 5.88 Å². The Balaban J connectivity index is 2.44. The molecule has 0 saturated carbocycles. The Hall–Kier alpha value is -2.13. The number of nitrogens with zero attached hydrogens (tertiary/aromatic N) is 1. The molecule has 1 heterocycles. The van der Waals surface area contributed by atoms with E-state index in [1.54, 1.807) is 0 Å². The molecule has 1 aromatic carbocycles. The number of nitrogens with one attached hydrogen (secondary N) is 2. The summed E-state index contributed by atoms with van der Waals surface area (Å²) in [7, 11) is 0. The number of hydrogen-bond acceptors (Lipinski definition) is 4. The largest absolute Gasteiger partial charge is 0.494 e. The molecule has 1 aromatic heterocycles. The summed E-state index contributed by atoms with van der Waals surface area (Å²) in [6.07, 6.45) is -3.71. The van der Waals surface area contributed by atoms with Gasteiger partial charge in [-0.1, -0.05) is 11.6 Å². The first-order valence-electron chi connectivity index (χ1n) is 5.65. The molecule has 2 rings (SSSR count). The van der Waals surface area contributed by atoms with Crippen molar-refractivity contribution in [3.63, 3.8) is 0 Å². The van der Waals surface area contributed by atoms with Crippen LogP contribution in [0.3, 0.4) is 0 Å². The molecule has 10 heteroatoms. The van der Waals surface area contributed by atoms with Crippen LogP contribution >= 0.6 is 23.8 Å². The first-order chi connectivity index (χ1) is 10.2. The summed E-state index contributed by atoms with van der Waals surface area (Å²) in [5.74, 6) is -0.539. The van der Waals surface area contributed by atoms with Gasteiger partial charge in [-0.15, -0.1) is 0 Å². The molecule has 3 N–H and O–H groups in total. The zero-order chi connectivity index (χ0) is 16.5. The predicted molar refractivity (Wildman–Crippen MR) is 77.6 cm³/mol. The fourth-order valence-corrected chi connectivity index (χ4v) is 1.97. The van der Waals surface area contributed by atoms with E-state index in [0.29, 0.717) is 0 Å². The number of aromatic nitrogens is 2. The van der Waals surface area contributed by atoms with Crippen molar-refractivity contribution >= 4 is 35.7 Å². The number of benzene rings is 1. The van der Waals surface area contributed by atoms with Gasteiger partial charge >= 0.3 is 6.18 Å². The van der Waals surface area contributed by atoms with Gasteiger partial charge in [-0.3, -0.25) is 14.8 Å². The van der Waals surface area contributed by atoms with Gasteiger partial charge in [0, 0.05) is 6.21 Å². The first-order valence-corrected chi connectivity index (χ1v) is 6.43. The van der Waals surface area contributed by atoms with Crippen LogP contribution < -0.4 is 5.56 Å². The van der Waals surface area contributed by atoms with Gasteiger partial charge in [-0.05, 0) is 30.4 Å². The van der Waals surface area contributed by atoms with Gasteiger partial charge in [0.1, 0.15) is 5.56 Å². The minimum absolute atomic E-state index is 0.0852. The van der Waals surface area contributed by atoms with Crippen molar-refractivity contribution in [3.8, 4) is 5.88 Å². The van der Waals surface area contributed by atoms with Crippen molar-refractivity contribution in [2.75, 3.05) is 0 Å². The van der Waals surface area contributed by atoms with Crippen molar-refractivity contribution in [1.82, 2.24) is 9.97 Å². The average Bonchev–Trinajstić information content (AvgIpc) is 2.37. The highest BCUT2D eigenvalue weighted by Gasteiger charge is 2.33.